The molecule has 0 aliphatic rings. The van der Waals surface area contributed by atoms with E-state index in [4.69, 9.17) is 0 Å². The van der Waals surface area contributed by atoms with Gasteiger partial charge in [-0.05, 0) is 51.4 Å². The number of nitrogens with one attached hydrogen (secondary N) is 1. The van der Waals surface area contributed by atoms with Crippen LogP contribution < -0.4 is 5.32 Å². The third kappa shape index (κ3) is 14.0. The molecule has 40 heavy (non-hydrogen) atoms. The number of amides is 1. The van der Waals surface area contributed by atoms with E-state index in [0.717, 1.165) is 38.5 Å². The van der Waals surface area contributed by atoms with Crippen molar-refractivity contribution in [2.45, 2.75) is 71.3 Å². The van der Waals surface area contributed by atoms with Crippen molar-refractivity contribution in [3.63, 3.8) is 0 Å². The first-order valence-corrected chi connectivity index (χ1v) is 14.3. The SMILES string of the molecule is CC/C=C\C/C=C\C/C=C\C/C=C\C/C=C\C/C=C\CCC(=O)Nc1ncc2ncn(CCC(CO)CO)c2n1. The minimum atomic E-state index is -0.188. The summed E-state index contributed by atoms with van der Waals surface area (Å²) in [4.78, 5) is 25.2. The highest BCUT2D eigenvalue weighted by molar-refractivity contribution is 5.89. The molecule has 0 aliphatic heterocycles. The van der Waals surface area contributed by atoms with E-state index in [9.17, 15) is 15.0 Å². The smallest absolute Gasteiger partial charge is 0.231 e. The number of rotatable bonds is 20. The molecule has 8 nitrogen and oxygen atoms in total. The number of hydrogen-bond acceptors (Lipinski definition) is 6. The third-order valence-corrected chi connectivity index (χ3v) is 6.04. The van der Waals surface area contributed by atoms with Crippen molar-refractivity contribution in [1.82, 2.24) is 19.5 Å². The van der Waals surface area contributed by atoms with Gasteiger partial charge < -0.3 is 14.8 Å². The number of anilines is 1. The van der Waals surface area contributed by atoms with E-state index in [2.05, 4.69) is 94.0 Å². The quantitative estimate of drug-likeness (QED) is 0.169. The normalized spacial score (nSPS) is 12.8. The maximum Gasteiger partial charge on any atom is 0.231 e. The fourth-order valence-electron chi connectivity index (χ4n) is 3.68. The van der Waals surface area contributed by atoms with Gasteiger partial charge in [0.2, 0.25) is 11.9 Å². The minimum Gasteiger partial charge on any atom is -0.396 e. The summed E-state index contributed by atoms with van der Waals surface area (Å²) >= 11 is 0. The largest absolute Gasteiger partial charge is 0.396 e. The van der Waals surface area contributed by atoms with E-state index in [0.29, 0.717) is 37.0 Å². The molecule has 2 aromatic heterocycles. The molecule has 8 heteroatoms. The van der Waals surface area contributed by atoms with E-state index < -0.39 is 0 Å². The molecule has 0 unspecified atom stereocenters. The average molecular weight is 548 g/mol. The van der Waals surface area contributed by atoms with Crippen LogP contribution in [0, 0.1) is 5.92 Å². The molecule has 3 N–H and O–H groups in total. The lowest BCUT2D eigenvalue weighted by Gasteiger charge is -2.11. The molecular weight excluding hydrogens is 502 g/mol. The van der Waals surface area contributed by atoms with Crippen LogP contribution in [0.1, 0.15) is 64.7 Å². The van der Waals surface area contributed by atoms with Gasteiger partial charge in [-0.1, -0.05) is 79.8 Å². The van der Waals surface area contributed by atoms with Gasteiger partial charge in [0.1, 0.15) is 5.52 Å². The van der Waals surface area contributed by atoms with Crippen molar-refractivity contribution in [1.29, 1.82) is 0 Å². The standard InChI is InChI=1S/C32H45N5O3/c1-2-3-4-5-6-7-8-9-10-11-12-13-14-15-16-17-18-19-20-21-30(40)35-32-33-24-29-31(36-32)37(27-34-29)23-22-28(25-38)26-39/h3-4,6-7,9-10,12-13,15-16,18-19,24,27-28,38-39H,2,5,8,11,14,17,20-23,25-26H2,1H3,(H,33,35,36,40)/b4-3-,7-6-,10-9-,13-12-,16-15-,19-18-. The van der Waals surface area contributed by atoms with E-state index in [1.165, 1.54) is 0 Å². The van der Waals surface area contributed by atoms with Gasteiger partial charge in [-0.15, -0.1) is 0 Å². The predicted octanol–water partition coefficient (Wildman–Crippen LogP) is 6.23. The molecule has 216 valence electrons. The van der Waals surface area contributed by atoms with Crippen molar-refractivity contribution >= 4 is 23.0 Å². The van der Waals surface area contributed by atoms with Crippen LogP contribution in [-0.4, -0.2) is 48.9 Å². The maximum absolute atomic E-state index is 12.3. The first-order chi connectivity index (χ1) is 19.7. The molecule has 0 aliphatic carbocycles. The van der Waals surface area contributed by atoms with Gasteiger partial charge >= 0.3 is 0 Å². The second-order valence-corrected chi connectivity index (χ2v) is 9.36. The number of imidazole rings is 1. The molecule has 0 aromatic carbocycles. The Bertz CT molecular complexity index is 1160. The molecule has 0 saturated heterocycles. The van der Waals surface area contributed by atoms with Gasteiger partial charge in [-0.25, -0.2) is 9.97 Å². The monoisotopic (exact) mass is 547 g/mol. The minimum absolute atomic E-state index is 0.0732. The Morgan fingerprint density at radius 3 is 1.95 bits per heavy atom. The number of allylic oxidation sites excluding steroid dienone is 12. The van der Waals surface area contributed by atoms with Gasteiger partial charge in [0, 0.05) is 32.1 Å². The predicted molar refractivity (Wildman–Crippen MR) is 164 cm³/mol. The summed E-state index contributed by atoms with van der Waals surface area (Å²) in [5.74, 6) is -0.0964. The molecule has 1 amide bonds. The van der Waals surface area contributed by atoms with Gasteiger partial charge in [-0.3, -0.25) is 10.1 Å². The molecule has 0 atom stereocenters. The Morgan fingerprint density at radius 1 is 0.850 bits per heavy atom. The van der Waals surface area contributed by atoms with E-state index in [1.54, 1.807) is 12.5 Å². The summed E-state index contributed by atoms with van der Waals surface area (Å²) in [6.07, 6.45) is 36.5. The summed E-state index contributed by atoms with van der Waals surface area (Å²) in [5.41, 5.74) is 1.23. The zero-order chi connectivity index (χ0) is 28.7. The number of carbonyl (C=O) groups is 1. The maximum atomic E-state index is 12.3. The lowest BCUT2D eigenvalue weighted by molar-refractivity contribution is -0.116. The van der Waals surface area contributed by atoms with Crippen molar-refractivity contribution < 1.29 is 15.0 Å². The number of aryl methyl sites for hydroxylation is 1. The Morgan fingerprint density at radius 2 is 1.40 bits per heavy atom. The number of aliphatic hydroxyl groups excluding tert-OH is 2. The summed E-state index contributed by atoms with van der Waals surface area (Å²) in [6, 6.07) is 0. The second-order valence-electron chi connectivity index (χ2n) is 9.36. The number of aromatic nitrogens is 4. The molecule has 2 heterocycles. The van der Waals surface area contributed by atoms with Crippen molar-refractivity contribution in [3.8, 4) is 0 Å². The topological polar surface area (TPSA) is 113 Å². The van der Waals surface area contributed by atoms with Gasteiger partial charge in [-0.2, -0.15) is 4.98 Å². The Balaban J connectivity index is 1.59. The molecule has 0 bridgehead atoms. The van der Waals surface area contributed by atoms with Crippen LogP contribution in [0.5, 0.6) is 0 Å². The molecule has 0 radical (unpaired) electrons. The third-order valence-electron chi connectivity index (χ3n) is 6.04. The van der Waals surface area contributed by atoms with Crippen LogP contribution in [0.4, 0.5) is 5.95 Å². The van der Waals surface area contributed by atoms with Crippen LogP contribution in [0.25, 0.3) is 11.2 Å². The van der Waals surface area contributed by atoms with E-state index >= 15 is 0 Å². The molecule has 2 rings (SSSR count). The lowest BCUT2D eigenvalue weighted by Crippen LogP contribution is -2.15. The lowest BCUT2D eigenvalue weighted by atomic mass is 10.1. The molecule has 0 saturated carbocycles. The number of nitrogens with zero attached hydrogens (tertiary/aromatic N) is 4. The highest BCUT2D eigenvalue weighted by atomic mass is 16.3. The van der Waals surface area contributed by atoms with Crippen LogP contribution in [0.15, 0.2) is 85.4 Å². The van der Waals surface area contributed by atoms with Crippen molar-refractivity contribution in [2.75, 3.05) is 18.5 Å². The molecular formula is C32H45N5O3. The molecule has 2 aromatic rings. The van der Waals surface area contributed by atoms with E-state index in [-0.39, 0.29) is 31.0 Å². The zero-order valence-corrected chi connectivity index (χ0v) is 23.7. The zero-order valence-electron chi connectivity index (χ0n) is 23.7. The second kappa shape index (κ2) is 21.2. The Kier molecular flexibility index (Phi) is 17.3. The van der Waals surface area contributed by atoms with Crippen LogP contribution >= 0.6 is 0 Å². The van der Waals surface area contributed by atoms with Gasteiger partial charge in [0.25, 0.3) is 0 Å². The summed E-state index contributed by atoms with van der Waals surface area (Å²) in [5, 5.41) is 21.3. The van der Waals surface area contributed by atoms with Crippen molar-refractivity contribution in [2.24, 2.45) is 5.92 Å². The van der Waals surface area contributed by atoms with E-state index in [1.807, 2.05) is 10.6 Å². The van der Waals surface area contributed by atoms with Crippen LogP contribution in [0.2, 0.25) is 0 Å². The fourth-order valence-corrected chi connectivity index (χ4v) is 3.68. The van der Waals surface area contributed by atoms with Crippen LogP contribution in [-0.2, 0) is 11.3 Å². The average Bonchev–Trinajstić information content (AvgIpc) is 3.37. The molecule has 0 spiro atoms. The molecule has 0 fully saturated rings. The van der Waals surface area contributed by atoms with Crippen LogP contribution in [0.3, 0.4) is 0 Å². The number of hydrogen-bond donors (Lipinski definition) is 3. The summed E-state index contributed by atoms with van der Waals surface area (Å²) < 4.78 is 1.84. The summed E-state index contributed by atoms with van der Waals surface area (Å²) in [6.45, 7) is 2.55. The fraction of sp³-hybridized carbons (Fsp3) is 0.438. The number of carbonyl (C=O) groups excluding carboxylic acids is 1. The Hall–Kier alpha value is -3.62. The first kappa shape index (κ1) is 32.6. The summed E-state index contributed by atoms with van der Waals surface area (Å²) in [7, 11) is 0. The first-order valence-electron chi connectivity index (χ1n) is 14.3. The highest BCUT2D eigenvalue weighted by Crippen LogP contribution is 2.14. The van der Waals surface area contributed by atoms with Gasteiger partial charge in [0.15, 0.2) is 5.65 Å². The number of aliphatic hydroxyl groups is 2. The van der Waals surface area contributed by atoms with Crippen molar-refractivity contribution in [3.05, 3.63) is 85.4 Å². The van der Waals surface area contributed by atoms with Gasteiger partial charge in [0.05, 0.1) is 12.5 Å². The number of fused-ring (bicyclic) bond motifs is 1. The Labute approximate surface area is 238 Å². The highest BCUT2D eigenvalue weighted by Gasteiger charge is 2.11.